The second-order valence-electron chi connectivity index (χ2n) is 11.2. The van der Waals surface area contributed by atoms with E-state index in [0.29, 0.717) is 47.3 Å². The van der Waals surface area contributed by atoms with Crippen molar-refractivity contribution in [2.75, 3.05) is 49.2 Å². The van der Waals surface area contributed by atoms with Crippen LogP contribution in [-0.2, 0) is 22.5 Å². The van der Waals surface area contributed by atoms with Crippen LogP contribution in [0.5, 0.6) is 40.2 Å². The van der Waals surface area contributed by atoms with Crippen molar-refractivity contribution in [2.24, 2.45) is 0 Å². The minimum absolute atomic E-state index is 0.0208. The molecule has 0 aliphatic carbocycles. The first-order chi connectivity index (χ1) is 23.1. The molecule has 1 aliphatic heterocycles. The summed E-state index contributed by atoms with van der Waals surface area (Å²) in [5.41, 5.74) is 2.67. The van der Waals surface area contributed by atoms with Crippen LogP contribution in [-0.4, -0.2) is 70.3 Å². The zero-order valence-electron chi connectivity index (χ0n) is 27.7. The van der Waals surface area contributed by atoms with Gasteiger partial charge in [0.05, 0.1) is 67.6 Å². The molecule has 2 N–H and O–H groups in total. The van der Waals surface area contributed by atoms with Crippen LogP contribution in [0.2, 0.25) is 0 Å². The van der Waals surface area contributed by atoms with Gasteiger partial charge < -0.3 is 43.1 Å². The number of benzene rings is 3. The molecule has 48 heavy (non-hydrogen) atoms. The zero-order chi connectivity index (χ0) is 34.5. The van der Waals surface area contributed by atoms with E-state index in [4.69, 9.17) is 32.8 Å². The number of methoxy groups -OCH3 is 6. The number of phenolic OH excluding ortho intramolecular Hbond substituents is 1. The van der Waals surface area contributed by atoms with Gasteiger partial charge in [-0.3, -0.25) is 14.5 Å². The van der Waals surface area contributed by atoms with Crippen LogP contribution in [0, 0.1) is 0 Å². The molecular formula is C36H39NO11. The van der Waals surface area contributed by atoms with Gasteiger partial charge in [0.2, 0.25) is 16.9 Å². The summed E-state index contributed by atoms with van der Waals surface area (Å²) < 4.78 is 39.4. The number of aromatic hydroxyl groups is 2. The molecule has 0 spiro atoms. The van der Waals surface area contributed by atoms with Gasteiger partial charge in [-0.1, -0.05) is 12.1 Å². The second-order valence-corrected chi connectivity index (χ2v) is 11.2. The Morgan fingerprint density at radius 3 is 2.06 bits per heavy atom. The molecule has 12 nitrogen and oxygen atoms in total. The maximum atomic E-state index is 13.2. The van der Waals surface area contributed by atoms with E-state index in [0.717, 1.165) is 16.7 Å². The SMILES string of the molecule is COC(=O)C[C@H](c1ccc(O)cc1)c1oc(CN2CCc3cc(OC)c(OC)cc3[C@H]2c2cc(OC)c(OC)c(OC)c2)cc(=O)c1O. The third-order valence-electron chi connectivity index (χ3n) is 8.55. The lowest BCUT2D eigenvalue weighted by atomic mass is 9.87. The number of esters is 1. The molecule has 0 saturated carbocycles. The van der Waals surface area contributed by atoms with Gasteiger partial charge in [0.15, 0.2) is 28.8 Å². The van der Waals surface area contributed by atoms with E-state index in [9.17, 15) is 19.8 Å². The van der Waals surface area contributed by atoms with Crippen molar-refractivity contribution >= 4 is 5.97 Å². The molecule has 4 aromatic rings. The molecule has 0 fully saturated rings. The van der Waals surface area contributed by atoms with Crippen molar-refractivity contribution < 1.29 is 47.8 Å². The lowest BCUT2D eigenvalue weighted by Crippen LogP contribution is -2.36. The number of carbonyl (C=O) groups excluding carboxylic acids is 1. The number of hydrogen-bond acceptors (Lipinski definition) is 12. The first kappa shape index (κ1) is 34.0. The average Bonchev–Trinajstić information content (AvgIpc) is 3.10. The van der Waals surface area contributed by atoms with Gasteiger partial charge in [0.1, 0.15) is 11.5 Å². The largest absolute Gasteiger partial charge is 0.508 e. The van der Waals surface area contributed by atoms with E-state index in [1.54, 1.807) is 40.6 Å². The van der Waals surface area contributed by atoms with Crippen molar-refractivity contribution in [1.82, 2.24) is 4.90 Å². The lowest BCUT2D eigenvalue weighted by molar-refractivity contribution is -0.140. The van der Waals surface area contributed by atoms with Crippen LogP contribution in [0.25, 0.3) is 0 Å². The Morgan fingerprint density at radius 1 is 0.854 bits per heavy atom. The smallest absolute Gasteiger partial charge is 0.306 e. The molecule has 12 heteroatoms. The number of nitrogens with zero attached hydrogens (tertiary/aromatic N) is 1. The molecule has 5 rings (SSSR count). The van der Waals surface area contributed by atoms with Crippen LogP contribution in [0.3, 0.4) is 0 Å². The predicted molar refractivity (Wildman–Crippen MR) is 175 cm³/mol. The monoisotopic (exact) mass is 661 g/mol. The first-order valence-corrected chi connectivity index (χ1v) is 15.2. The molecule has 0 saturated heterocycles. The van der Waals surface area contributed by atoms with Crippen molar-refractivity contribution in [1.29, 1.82) is 0 Å². The number of phenols is 1. The molecule has 1 aromatic heterocycles. The first-order valence-electron chi connectivity index (χ1n) is 15.2. The maximum Gasteiger partial charge on any atom is 0.306 e. The van der Waals surface area contributed by atoms with E-state index < -0.39 is 29.1 Å². The molecule has 0 unspecified atom stereocenters. The van der Waals surface area contributed by atoms with Crippen molar-refractivity contribution in [2.45, 2.75) is 31.3 Å². The third-order valence-corrected chi connectivity index (χ3v) is 8.55. The minimum atomic E-state index is -0.865. The summed E-state index contributed by atoms with van der Waals surface area (Å²) in [4.78, 5) is 27.8. The average molecular weight is 662 g/mol. The highest BCUT2D eigenvalue weighted by molar-refractivity contribution is 5.71. The standard InChI is InChI=1S/C36H39NO11/c1-42-28-13-21-11-12-37(33(25(21)17-29(28)43-2)22-14-30(44-3)36(47-6)31(15-22)45-4)19-24-16-27(39)34(41)35(48-24)26(18-32(40)46-5)20-7-9-23(38)10-8-20/h7-10,13-17,26,33,38,41H,11-12,18-19H2,1-6H3/t26-,33-/m1/s1. The molecule has 0 bridgehead atoms. The summed E-state index contributed by atoms with van der Waals surface area (Å²) in [7, 11) is 9.05. The topological polar surface area (TPSA) is 146 Å². The van der Waals surface area contributed by atoms with Crippen molar-refractivity contribution in [3.8, 4) is 40.2 Å². The van der Waals surface area contributed by atoms with Crippen LogP contribution in [0.15, 0.2) is 63.8 Å². The van der Waals surface area contributed by atoms with Crippen LogP contribution < -0.4 is 29.1 Å². The predicted octanol–water partition coefficient (Wildman–Crippen LogP) is 4.94. The second kappa shape index (κ2) is 14.6. The molecule has 254 valence electrons. The number of fused-ring (bicyclic) bond motifs is 1. The molecule has 3 aromatic carbocycles. The van der Waals surface area contributed by atoms with E-state index in [1.165, 1.54) is 32.4 Å². The summed E-state index contributed by atoms with van der Waals surface area (Å²) in [5, 5.41) is 20.8. The quantitative estimate of drug-likeness (QED) is 0.198. The van der Waals surface area contributed by atoms with Gasteiger partial charge in [-0.05, 0) is 65.1 Å². The molecule has 0 radical (unpaired) electrons. The van der Waals surface area contributed by atoms with Crippen LogP contribution in [0.4, 0.5) is 0 Å². The van der Waals surface area contributed by atoms with Gasteiger partial charge in [-0.2, -0.15) is 0 Å². The highest BCUT2D eigenvalue weighted by Crippen LogP contribution is 2.46. The Morgan fingerprint density at radius 2 is 1.48 bits per heavy atom. The number of carbonyl (C=O) groups is 1. The van der Waals surface area contributed by atoms with Crippen LogP contribution in [0.1, 0.15) is 52.2 Å². The normalized spacial score (nSPS) is 14.8. The fourth-order valence-corrected chi connectivity index (χ4v) is 6.21. The summed E-state index contributed by atoms with van der Waals surface area (Å²) in [6.45, 7) is 0.700. The minimum Gasteiger partial charge on any atom is -0.508 e. The molecule has 2 heterocycles. The zero-order valence-corrected chi connectivity index (χ0v) is 27.7. The highest BCUT2D eigenvalue weighted by Gasteiger charge is 2.34. The van der Waals surface area contributed by atoms with Gasteiger partial charge >= 0.3 is 5.97 Å². The summed E-state index contributed by atoms with van der Waals surface area (Å²) in [6.07, 6.45) is 0.429. The fourth-order valence-electron chi connectivity index (χ4n) is 6.21. The molecule has 2 atom stereocenters. The van der Waals surface area contributed by atoms with E-state index in [-0.39, 0.29) is 30.2 Å². The molecular weight excluding hydrogens is 622 g/mol. The van der Waals surface area contributed by atoms with Crippen molar-refractivity contribution in [3.05, 3.63) is 98.6 Å². The Balaban J connectivity index is 1.65. The van der Waals surface area contributed by atoms with E-state index in [2.05, 4.69) is 4.90 Å². The Bertz CT molecular complexity index is 1810. The fraction of sp³-hybridized carbons (Fsp3) is 0.333. The van der Waals surface area contributed by atoms with E-state index in [1.807, 2.05) is 24.3 Å². The summed E-state index contributed by atoms with van der Waals surface area (Å²) in [6, 6.07) is 14.6. The molecule has 1 aliphatic rings. The number of hydrogen-bond donors (Lipinski definition) is 2. The van der Waals surface area contributed by atoms with Gasteiger partial charge in [0, 0.05) is 12.6 Å². The lowest BCUT2D eigenvalue weighted by Gasteiger charge is -2.38. The number of ether oxygens (including phenoxy) is 6. The van der Waals surface area contributed by atoms with Gasteiger partial charge in [-0.25, -0.2) is 0 Å². The molecule has 0 amide bonds. The Hall–Kier alpha value is -5.36. The Kier molecular flexibility index (Phi) is 10.3. The van der Waals surface area contributed by atoms with Crippen LogP contribution >= 0.6 is 0 Å². The Labute approximate surface area is 277 Å². The number of rotatable bonds is 12. The third kappa shape index (κ3) is 6.70. The highest BCUT2D eigenvalue weighted by atomic mass is 16.5. The maximum absolute atomic E-state index is 13.2. The van der Waals surface area contributed by atoms with Crippen molar-refractivity contribution in [3.63, 3.8) is 0 Å². The summed E-state index contributed by atoms with van der Waals surface area (Å²) >= 11 is 0. The van der Waals surface area contributed by atoms with Gasteiger partial charge in [0.25, 0.3) is 0 Å². The summed E-state index contributed by atoms with van der Waals surface area (Å²) in [5.74, 6) is 0.700. The van der Waals surface area contributed by atoms with E-state index >= 15 is 0 Å². The van der Waals surface area contributed by atoms with Gasteiger partial charge in [-0.15, -0.1) is 0 Å².